The number of benzene rings is 3. The van der Waals surface area contributed by atoms with Crippen LogP contribution in [0.5, 0.6) is 5.75 Å². The Labute approximate surface area is 248 Å². The van der Waals surface area contributed by atoms with Crippen molar-refractivity contribution in [3.63, 3.8) is 0 Å². The summed E-state index contributed by atoms with van der Waals surface area (Å²) in [7, 11) is -2.11. The zero-order valence-corrected chi connectivity index (χ0v) is 24.2. The smallest absolute Gasteiger partial charge is 0.387 e. The molecule has 2 aromatic heterocycles. The summed E-state index contributed by atoms with van der Waals surface area (Å²) in [4.78, 5) is 4.45. The number of nitrogens with zero attached hydrogens (tertiary/aromatic N) is 3. The Bertz CT molecular complexity index is 1970. The molecule has 0 saturated carbocycles. The first-order valence-electron chi connectivity index (χ1n) is 12.9. The van der Waals surface area contributed by atoms with Crippen molar-refractivity contribution in [3.8, 4) is 50.7 Å². The van der Waals surface area contributed by atoms with Crippen LogP contribution in [0.2, 0.25) is 0 Å². The number of halogens is 5. The van der Waals surface area contributed by atoms with Gasteiger partial charge in [0.25, 0.3) is 0 Å². The molecule has 0 fully saturated rings. The molecule has 3 aromatic carbocycles. The molecule has 44 heavy (non-hydrogen) atoms. The number of sulfone groups is 1. The van der Waals surface area contributed by atoms with Gasteiger partial charge in [-0.1, -0.05) is 24.3 Å². The third-order valence-corrected chi connectivity index (χ3v) is 7.85. The molecule has 0 spiro atoms. The standard InChI is InChI=1S/C30H24F5N3O5S/c1-16-36-27(19-8-10-25(23(31)13-19)43-29(32)33)28(42-16)22-12-18(17-5-4-6-20(11-17)44(3,40)41)7-9-21(22)24-14-26(37-38(24)2)30(34,35)15-39/h4-14,29,39H,15H2,1-3H3. The summed E-state index contributed by atoms with van der Waals surface area (Å²) >= 11 is 0. The average Bonchev–Trinajstić information content (AvgIpc) is 3.56. The molecule has 0 aliphatic rings. The molecule has 2 heterocycles. The van der Waals surface area contributed by atoms with Crippen LogP contribution in [0.1, 0.15) is 11.6 Å². The van der Waals surface area contributed by atoms with Gasteiger partial charge in [-0.15, -0.1) is 0 Å². The summed E-state index contributed by atoms with van der Waals surface area (Å²) < 4.78 is 105. The van der Waals surface area contributed by atoms with Crippen molar-refractivity contribution in [1.29, 1.82) is 0 Å². The molecule has 0 radical (unpaired) electrons. The van der Waals surface area contributed by atoms with E-state index in [0.29, 0.717) is 16.7 Å². The molecule has 0 saturated heterocycles. The van der Waals surface area contributed by atoms with E-state index in [4.69, 9.17) is 4.42 Å². The Morgan fingerprint density at radius 2 is 1.70 bits per heavy atom. The minimum Gasteiger partial charge on any atom is -0.440 e. The number of ether oxygens (including phenoxy) is 1. The summed E-state index contributed by atoms with van der Waals surface area (Å²) in [6, 6.07) is 15.4. The number of aryl methyl sites for hydroxylation is 2. The quantitative estimate of drug-likeness (QED) is 0.182. The molecule has 230 valence electrons. The topological polar surface area (TPSA) is 107 Å². The Kier molecular flexibility index (Phi) is 8.07. The zero-order chi connectivity index (χ0) is 32.0. The number of rotatable bonds is 9. The summed E-state index contributed by atoms with van der Waals surface area (Å²) in [5.74, 6) is -5.15. The molecule has 5 aromatic rings. The van der Waals surface area contributed by atoms with Crippen LogP contribution in [0.25, 0.3) is 45.0 Å². The molecule has 0 unspecified atom stereocenters. The van der Waals surface area contributed by atoms with Crippen LogP contribution in [0.4, 0.5) is 22.0 Å². The Balaban J connectivity index is 1.75. The first-order chi connectivity index (χ1) is 20.7. The van der Waals surface area contributed by atoms with Gasteiger partial charge in [-0.3, -0.25) is 4.68 Å². The Morgan fingerprint density at radius 3 is 2.36 bits per heavy atom. The maximum absolute atomic E-state index is 14.7. The SMILES string of the molecule is Cc1nc(-c2ccc(OC(F)F)c(F)c2)c(-c2cc(-c3cccc(S(C)(=O)=O)c3)ccc2-c2cc(C(F)(F)CO)nn2C)o1. The number of hydrogen-bond donors (Lipinski definition) is 1. The third-order valence-electron chi connectivity index (χ3n) is 6.74. The third kappa shape index (κ3) is 6.08. The first kappa shape index (κ1) is 30.9. The normalized spacial score (nSPS) is 12.2. The van der Waals surface area contributed by atoms with E-state index in [-0.39, 0.29) is 39.1 Å². The number of aliphatic hydroxyl groups is 1. The highest BCUT2D eigenvalue weighted by Gasteiger charge is 2.35. The van der Waals surface area contributed by atoms with Gasteiger partial charge in [0.2, 0.25) is 0 Å². The fraction of sp³-hybridized carbons (Fsp3) is 0.200. The molecular weight excluding hydrogens is 609 g/mol. The fourth-order valence-electron chi connectivity index (χ4n) is 4.67. The van der Waals surface area contributed by atoms with Gasteiger partial charge in [0.15, 0.2) is 33.1 Å². The maximum Gasteiger partial charge on any atom is 0.387 e. The molecule has 0 aliphatic carbocycles. The van der Waals surface area contributed by atoms with E-state index >= 15 is 0 Å². The highest BCUT2D eigenvalue weighted by Crippen LogP contribution is 2.42. The van der Waals surface area contributed by atoms with Gasteiger partial charge in [0, 0.05) is 36.9 Å². The predicted octanol–water partition coefficient (Wildman–Crippen LogP) is 6.61. The van der Waals surface area contributed by atoms with E-state index in [9.17, 15) is 35.5 Å². The van der Waals surface area contributed by atoms with Crippen LogP contribution in [-0.4, -0.2) is 47.8 Å². The van der Waals surface area contributed by atoms with Crippen LogP contribution in [-0.2, 0) is 22.8 Å². The monoisotopic (exact) mass is 633 g/mol. The number of aromatic nitrogens is 3. The van der Waals surface area contributed by atoms with Gasteiger partial charge >= 0.3 is 12.5 Å². The van der Waals surface area contributed by atoms with E-state index in [1.807, 2.05) is 0 Å². The van der Waals surface area contributed by atoms with Crippen LogP contribution in [0, 0.1) is 12.7 Å². The van der Waals surface area contributed by atoms with E-state index in [2.05, 4.69) is 14.8 Å². The largest absolute Gasteiger partial charge is 0.440 e. The van der Waals surface area contributed by atoms with Crippen molar-refractivity contribution >= 4 is 9.84 Å². The second-order valence-corrected chi connectivity index (χ2v) is 11.9. The lowest BCUT2D eigenvalue weighted by molar-refractivity contribution is -0.0596. The molecule has 0 bridgehead atoms. The second kappa shape index (κ2) is 11.5. The van der Waals surface area contributed by atoms with Crippen LogP contribution >= 0.6 is 0 Å². The first-order valence-corrected chi connectivity index (χ1v) is 14.8. The molecular formula is C30H24F5N3O5S. The van der Waals surface area contributed by atoms with Crippen LogP contribution in [0.3, 0.4) is 0 Å². The number of alkyl halides is 4. The summed E-state index contributed by atoms with van der Waals surface area (Å²) in [5.41, 5.74) is 1.42. The summed E-state index contributed by atoms with van der Waals surface area (Å²) in [5, 5.41) is 13.1. The van der Waals surface area contributed by atoms with Gasteiger partial charge in [0.05, 0.1) is 10.6 Å². The van der Waals surface area contributed by atoms with Gasteiger partial charge in [-0.05, 0) is 53.6 Å². The van der Waals surface area contributed by atoms with Gasteiger partial charge in [0.1, 0.15) is 18.0 Å². The van der Waals surface area contributed by atoms with Crippen molar-refractivity contribution in [3.05, 3.63) is 84.1 Å². The lowest BCUT2D eigenvalue weighted by Gasteiger charge is -2.13. The van der Waals surface area contributed by atoms with Gasteiger partial charge < -0.3 is 14.3 Å². The number of oxazole rings is 1. The molecule has 0 amide bonds. The number of hydrogen-bond acceptors (Lipinski definition) is 7. The molecule has 14 heteroatoms. The van der Waals surface area contributed by atoms with Crippen molar-refractivity contribution < 1.29 is 44.6 Å². The molecule has 8 nitrogen and oxygen atoms in total. The zero-order valence-electron chi connectivity index (χ0n) is 23.4. The molecule has 5 rings (SSSR count). The van der Waals surface area contributed by atoms with E-state index in [1.54, 1.807) is 30.3 Å². The minimum atomic E-state index is -3.63. The lowest BCUT2D eigenvalue weighted by atomic mass is 9.94. The highest BCUT2D eigenvalue weighted by molar-refractivity contribution is 7.90. The van der Waals surface area contributed by atoms with Crippen molar-refractivity contribution in [2.45, 2.75) is 24.4 Å². The molecule has 1 N–H and O–H groups in total. The average molecular weight is 634 g/mol. The Morgan fingerprint density at radius 1 is 1.00 bits per heavy atom. The lowest BCUT2D eigenvalue weighted by Crippen LogP contribution is -2.19. The van der Waals surface area contributed by atoms with Crippen LogP contribution in [0.15, 0.2) is 76.0 Å². The van der Waals surface area contributed by atoms with Gasteiger partial charge in [-0.25, -0.2) is 17.8 Å². The maximum atomic E-state index is 14.7. The van der Waals surface area contributed by atoms with E-state index in [1.165, 1.54) is 36.9 Å². The molecule has 0 atom stereocenters. The van der Waals surface area contributed by atoms with Gasteiger partial charge in [-0.2, -0.15) is 22.7 Å². The van der Waals surface area contributed by atoms with Crippen molar-refractivity contribution in [2.24, 2.45) is 7.05 Å². The van der Waals surface area contributed by atoms with Crippen molar-refractivity contribution in [2.75, 3.05) is 12.9 Å². The molecule has 0 aliphatic heterocycles. The summed E-state index contributed by atoms with van der Waals surface area (Å²) in [6.45, 7) is -3.18. The fourth-order valence-corrected chi connectivity index (χ4v) is 5.33. The second-order valence-electron chi connectivity index (χ2n) is 9.90. The van der Waals surface area contributed by atoms with Crippen LogP contribution < -0.4 is 4.74 Å². The van der Waals surface area contributed by atoms with E-state index in [0.717, 1.165) is 24.5 Å². The van der Waals surface area contributed by atoms with Crippen molar-refractivity contribution in [1.82, 2.24) is 14.8 Å². The minimum absolute atomic E-state index is 0.0703. The Hall–Kier alpha value is -4.56. The summed E-state index contributed by atoms with van der Waals surface area (Å²) in [6.07, 6.45) is 1.07. The predicted molar refractivity (Wildman–Crippen MR) is 150 cm³/mol. The van der Waals surface area contributed by atoms with E-state index < -0.39 is 46.2 Å². The highest BCUT2D eigenvalue weighted by atomic mass is 32.2. The number of aliphatic hydroxyl groups excluding tert-OH is 1.